The van der Waals surface area contributed by atoms with Crippen LogP contribution in [-0.2, 0) is 6.61 Å². The summed E-state index contributed by atoms with van der Waals surface area (Å²) in [5.41, 5.74) is 1.86. The lowest BCUT2D eigenvalue weighted by atomic mass is 10.2. The second-order valence-corrected chi connectivity index (χ2v) is 5.24. The molecular formula is C15H10Cl2N2O2. The van der Waals surface area contributed by atoms with Crippen LogP contribution in [0.15, 0.2) is 36.4 Å². The predicted octanol–water partition coefficient (Wildman–Crippen LogP) is 4.26. The van der Waals surface area contributed by atoms with Gasteiger partial charge in [-0.3, -0.25) is 9.89 Å². The summed E-state index contributed by atoms with van der Waals surface area (Å²) < 4.78 is 5.70. The molecule has 1 heterocycles. The topological polar surface area (TPSA) is 55.0 Å². The summed E-state index contributed by atoms with van der Waals surface area (Å²) in [5.74, 6) is 0.614. The van der Waals surface area contributed by atoms with Gasteiger partial charge in [-0.15, -0.1) is 0 Å². The summed E-state index contributed by atoms with van der Waals surface area (Å²) in [6.07, 6.45) is 0.726. The average Bonchev–Trinajstić information content (AvgIpc) is 2.89. The van der Waals surface area contributed by atoms with Gasteiger partial charge in [-0.05, 0) is 30.3 Å². The van der Waals surface area contributed by atoms with Gasteiger partial charge >= 0.3 is 0 Å². The summed E-state index contributed by atoms with van der Waals surface area (Å²) >= 11 is 12.2. The molecule has 0 aliphatic heterocycles. The summed E-state index contributed by atoms with van der Waals surface area (Å²) in [4.78, 5) is 10.9. The fraction of sp³-hybridized carbons (Fsp3) is 0.0667. The SMILES string of the molecule is O=Cc1[nH]nc2ccc(OCc3c(Cl)cccc3Cl)cc12. The number of carbonyl (C=O) groups is 1. The Hall–Kier alpha value is -2.04. The number of rotatable bonds is 4. The molecular weight excluding hydrogens is 311 g/mol. The van der Waals surface area contributed by atoms with Crippen molar-refractivity contribution >= 4 is 40.4 Å². The van der Waals surface area contributed by atoms with Gasteiger partial charge in [0.1, 0.15) is 18.1 Å². The Morgan fingerprint density at radius 3 is 2.67 bits per heavy atom. The van der Waals surface area contributed by atoms with Crippen molar-refractivity contribution in [3.63, 3.8) is 0 Å². The zero-order valence-corrected chi connectivity index (χ0v) is 12.3. The highest BCUT2D eigenvalue weighted by Gasteiger charge is 2.09. The molecule has 0 spiro atoms. The minimum atomic E-state index is 0.248. The number of nitrogens with zero attached hydrogens (tertiary/aromatic N) is 1. The Kier molecular flexibility index (Phi) is 3.82. The molecule has 2 aromatic carbocycles. The molecule has 0 aliphatic rings. The van der Waals surface area contributed by atoms with Gasteiger partial charge < -0.3 is 4.74 Å². The van der Waals surface area contributed by atoms with Crippen LogP contribution in [0.5, 0.6) is 5.75 Å². The van der Waals surface area contributed by atoms with Gasteiger partial charge in [0.05, 0.1) is 5.52 Å². The molecule has 3 aromatic rings. The highest BCUT2D eigenvalue weighted by Crippen LogP contribution is 2.27. The van der Waals surface area contributed by atoms with Crippen LogP contribution < -0.4 is 4.74 Å². The van der Waals surface area contributed by atoms with Crippen molar-refractivity contribution in [1.29, 1.82) is 0 Å². The van der Waals surface area contributed by atoms with Crippen LogP contribution in [0.2, 0.25) is 10.0 Å². The first kappa shape index (κ1) is 13.9. The standard InChI is InChI=1S/C15H10Cl2N2O2/c16-12-2-1-3-13(17)11(12)8-21-9-4-5-14-10(6-9)15(7-20)19-18-14/h1-7H,8H2,(H,18,19). The van der Waals surface area contributed by atoms with Crippen LogP contribution in [0.4, 0.5) is 0 Å². The molecule has 3 rings (SSSR count). The van der Waals surface area contributed by atoms with E-state index in [0.717, 1.165) is 11.8 Å². The number of aromatic nitrogens is 2. The lowest BCUT2D eigenvalue weighted by Crippen LogP contribution is -1.97. The number of hydrogen-bond donors (Lipinski definition) is 1. The van der Waals surface area contributed by atoms with Crippen molar-refractivity contribution in [3.8, 4) is 5.75 Å². The Morgan fingerprint density at radius 2 is 1.95 bits per heavy atom. The van der Waals surface area contributed by atoms with Crippen molar-refractivity contribution in [2.45, 2.75) is 6.61 Å². The van der Waals surface area contributed by atoms with Gasteiger partial charge in [0.25, 0.3) is 0 Å². The number of ether oxygens (including phenoxy) is 1. The van der Waals surface area contributed by atoms with Crippen LogP contribution in [0, 0.1) is 0 Å². The molecule has 1 aromatic heterocycles. The monoisotopic (exact) mass is 320 g/mol. The van der Waals surface area contributed by atoms with Gasteiger partial charge in [-0.25, -0.2) is 0 Å². The smallest absolute Gasteiger partial charge is 0.168 e. The molecule has 0 aliphatic carbocycles. The van der Waals surface area contributed by atoms with E-state index >= 15 is 0 Å². The maximum atomic E-state index is 10.9. The van der Waals surface area contributed by atoms with Gasteiger partial charge in [0, 0.05) is 21.0 Å². The van der Waals surface area contributed by atoms with E-state index in [4.69, 9.17) is 27.9 Å². The predicted molar refractivity (Wildman–Crippen MR) is 82.3 cm³/mol. The zero-order chi connectivity index (χ0) is 14.8. The van der Waals surface area contributed by atoms with E-state index in [0.29, 0.717) is 32.4 Å². The summed E-state index contributed by atoms with van der Waals surface area (Å²) in [6, 6.07) is 10.6. The molecule has 106 valence electrons. The number of benzene rings is 2. The highest BCUT2D eigenvalue weighted by atomic mass is 35.5. The molecule has 0 saturated heterocycles. The zero-order valence-electron chi connectivity index (χ0n) is 10.8. The third kappa shape index (κ3) is 2.73. The Labute approximate surface area is 130 Å². The van der Waals surface area contributed by atoms with Crippen LogP contribution in [0.25, 0.3) is 10.9 Å². The number of hydrogen-bond acceptors (Lipinski definition) is 3. The van der Waals surface area contributed by atoms with Crippen molar-refractivity contribution in [2.75, 3.05) is 0 Å². The summed E-state index contributed by atoms with van der Waals surface area (Å²) in [6.45, 7) is 0.248. The fourth-order valence-electron chi connectivity index (χ4n) is 2.01. The summed E-state index contributed by atoms with van der Waals surface area (Å²) in [7, 11) is 0. The average molecular weight is 321 g/mol. The van der Waals surface area contributed by atoms with Crippen molar-refractivity contribution < 1.29 is 9.53 Å². The maximum Gasteiger partial charge on any atom is 0.168 e. The Balaban J connectivity index is 1.86. The van der Waals surface area contributed by atoms with Gasteiger partial charge in [-0.2, -0.15) is 5.10 Å². The summed E-state index contributed by atoms with van der Waals surface area (Å²) in [5, 5.41) is 8.52. The molecule has 0 bridgehead atoms. The van der Waals surface area contributed by atoms with E-state index in [1.165, 1.54) is 0 Å². The number of halogens is 2. The minimum Gasteiger partial charge on any atom is -0.489 e. The first-order valence-corrected chi connectivity index (χ1v) is 6.93. The van der Waals surface area contributed by atoms with Crippen molar-refractivity contribution in [3.05, 3.63) is 57.7 Å². The molecule has 0 saturated carbocycles. The molecule has 0 amide bonds. The maximum absolute atomic E-state index is 10.9. The van der Waals surface area contributed by atoms with Gasteiger partial charge in [-0.1, -0.05) is 29.3 Å². The van der Waals surface area contributed by atoms with E-state index < -0.39 is 0 Å². The molecule has 0 unspecified atom stereocenters. The number of H-pyrrole nitrogens is 1. The lowest BCUT2D eigenvalue weighted by Gasteiger charge is -2.09. The number of fused-ring (bicyclic) bond motifs is 1. The first-order chi connectivity index (χ1) is 10.2. The highest BCUT2D eigenvalue weighted by molar-refractivity contribution is 6.35. The van der Waals surface area contributed by atoms with Crippen LogP contribution >= 0.6 is 23.2 Å². The van der Waals surface area contributed by atoms with Crippen LogP contribution in [0.3, 0.4) is 0 Å². The van der Waals surface area contributed by atoms with Gasteiger partial charge in [0.15, 0.2) is 6.29 Å². The third-order valence-electron chi connectivity index (χ3n) is 3.12. The van der Waals surface area contributed by atoms with E-state index in [9.17, 15) is 4.79 Å². The van der Waals surface area contributed by atoms with E-state index in [2.05, 4.69) is 10.2 Å². The molecule has 4 nitrogen and oxygen atoms in total. The number of carbonyl (C=O) groups excluding carboxylic acids is 1. The van der Waals surface area contributed by atoms with E-state index in [1.54, 1.807) is 36.4 Å². The molecule has 0 atom stereocenters. The minimum absolute atomic E-state index is 0.248. The lowest BCUT2D eigenvalue weighted by molar-refractivity contribution is 0.112. The molecule has 0 fully saturated rings. The normalized spacial score (nSPS) is 10.8. The fourth-order valence-corrected chi connectivity index (χ4v) is 2.52. The number of nitrogens with one attached hydrogen (secondary N) is 1. The molecule has 1 N–H and O–H groups in total. The second kappa shape index (κ2) is 5.76. The molecule has 21 heavy (non-hydrogen) atoms. The van der Waals surface area contributed by atoms with Crippen molar-refractivity contribution in [2.24, 2.45) is 0 Å². The van der Waals surface area contributed by atoms with Crippen LogP contribution in [0.1, 0.15) is 16.1 Å². The van der Waals surface area contributed by atoms with E-state index in [-0.39, 0.29) is 6.61 Å². The van der Waals surface area contributed by atoms with Crippen LogP contribution in [-0.4, -0.2) is 16.5 Å². The van der Waals surface area contributed by atoms with E-state index in [1.807, 2.05) is 0 Å². The largest absolute Gasteiger partial charge is 0.489 e. The van der Waals surface area contributed by atoms with Crippen molar-refractivity contribution in [1.82, 2.24) is 10.2 Å². The first-order valence-electron chi connectivity index (χ1n) is 6.18. The van der Waals surface area contributed by atoms with Gasteiger partial charge in [0.2, 0.25) is 0 Å². The molecule has 0 radical (unpaired) electrons. The second-order valence-electron chi connectivity index (χ2n) is 4.42. The quantitative estimate of drug-likeness (QED) is 0.731. The molecule has 6 heteroatoms. The Bertz CT molecular complexity index is 794. The Morgan fingerprint density at radius 1 is 1.19 bits per heavy atom. The number of aldehydes is 1. The third-order valence-corrected chi connectivity index (χ3v) is 3.83. The number of aromatic amines is 1.